The third kappa shape index (κ3) is 3.15. The summed E-state index contributed by atoms with van der Waals surface area (Å²) in [5.74, 6) is 0. The van der Waals surface area contributed by atoms with Crippen molar-refractivity contribution in [3.63, 3.8) is 0 Å². The number of nitrogens with one attached hydrogen (secondary N) is 1. The van der Waals surface area contributed by atoms with Crippen LogP contribution in [0.3, 0.4) is 0 Å². The van der Waals surface area contributed by atoms with Gasteiger partial charge in [0.05, 0.1) is 6.54 Å². The molecule has 1 aromatic carbocycles. The fourth-order valence-corrected chi connectivity index (χ4v) is 2.02. The van der Waals surface area contributed by atoms with E-state index in [-0.39, 0.29) is 6.09 Å². The van der Waals surface area contributed by atoms with Crippen LogP contribution in [0, 0.1) is 0 Å². The van der Waals surface area contributed by atoms with Gasteiger partial charge in [0.1, 0.15) is 6.61 Å². The second kappa shape index (κ2) is 6.28. The predicted molar refractivity (Wildman–Crippen MR) is 73.2 cm³/mol. The summed E-state index contributed by atoms with van der Waals surface area (Å²) in [5, 5.41) is 3.38. The highest BCUT2D eigenvalue weighted by molar-refractivity contribution is 5.89. The van der Waals surface area contributed by atoms with E-state index in [2.05, 4.69) is 12.2 Å². The van der Waals surface area contributed by atoms with E-state index in [0.717, 1.165) is 17.9 Å². The monoisotopic (exact) mass is 248 g/mol. The molecule has 0 aromatic heterocycles. The largest absolute Gasteiger partial charge is 0.447 e. The number of ether oxygens (including phenoxy) is 1. The molecular weight excluding hydrogens is 228 g/mol. The zero-order valence-corrected chi connectivity index (χ0v) is 10.8. The molecule has 0 saturated carbocycles. The van der Waals surface area contributed by atoms with Gasteiger partial charge in [0, 0.05) is 17.9 Å². The Bertz CT molecular complexity index is 407. The van der Waals surface area contributed by atoms with Crippen LogP contribution in [0.2, 0.25) is 0 Å². The van der Waals surface area contributed by atoms with Crippen LogP contribution in [0.25, 0.3) is 0 Å². The molecular formula is C14H20N2O2. The molecule has 1 amide bonds. The molecule has 0 spiro atoms. The number of anilines is 2. The first-order valence-corrected chi connectivity index (χ1v) is 6.59. The topological polar surface area (TPSA) is 41.6 Å². The van der Waals surface area contributed by atoms with Crippen LogP contribution in [0.1, 0.15) is 26.2 Å². The van der Waals surface area contributed by atoms with Gasteiger partial charge in [-0.3, -0.25) is 4.90 Å². The molecule has 1 saturated heterocycles. The molecule has 0 unspecified atom stereocenters. The number of benzene rings is 1. The first kappa shape index (κ1) is 12.7. The second-order valence-electron chi connectivity index (χ2n) is 4.45. The third-order valence-corrected chi connectivity index (χ3v) is 3.03. The van der Waals surface area contributed by atoms with Gasteiger partial charge in [0.15, 0.2) is 0 Å². The van der Waals surface area contributed by atoms with Crippen molar-refractivity contribution in [3.8, 4) is 0 Å². The number of amides is 1. The Labute approximate surface area is 108 Å². The van der Waals surface area contributed by atoms with Crippen LogP contribution in [-0.2, 0) is 4.74 Å². The number of hydrogen-bond acceptors (Lipinski definition) is 3. The van der Waals surface area contributed by atoms with Crippen molar-refractivity contribution in [2.75, 3.05) is 29.9 Å². The van der Waals surface area contributed by atoms with Crippen molar-refractivity contribution in [1.29, 1.82) is 0 Å². The van der Waals surface area contributed by atoms with Gasteiger partial charge in [-0.25, -0.2) is 4.79 Å². The molecule has 1 fully saturated rings. The predicted octanol–water partition coefficient (Wildman–Crippen LogP) is 3.25. The van der Waals surface area contributed by atoms with E-state index in [1.165, 1.54) is 19.3 Å². The van der Waals surface area contributed by atoms with Crippen molar-refractivity contribution in [2.45, 2.75) is 26.2 Å². The van der Waals surface area contributed by atoms with Gasteiger partial charge >= 0.3 is 6.09 Å². The Hall–Kier alpha value is -1.71. The van der Waals surface area contributed by atoms with Gasteiger partial charge in [0.2, 0.25) is 0 Å². The fourth-order valence-electron chi connectivity index (χ4n) is 2.02. The second-order valence-corrected chi connectivity index (χ2v) is 4.45. The maximum Gasteiger partial charge on any atom is 0.414 e. The molecule has 1 N–H and O–H groups in total. The fraction of sp³-hybridized carbons (Fsp3) is 0.500. The van der Waals surface area contributed by atoms with Crippen LogP contribution in [-0.4, -0.2) is 25.8 Å². The van der Waals surface area contributed by atoms with Crippen molar-refractivity contribution < 1.29 is 9.53 Å². The standard InChI is InChI=1S/C14H20N2O2/c1-2-3-4-8-15-12-6-5-7-13(11-12)16-9-10-18-14(16)17/h5-7,11,15H,2-4,8-10H2,1H3. The van der Waals surface area contributed by atoms with Gasteiger partial charge in [-0.15, -0.1) is 0 Å². The van der Waals surface area contributed by atoms with Crippen LogP contribution < -0.4 is 10.2 Å². The number of carbonyl (C=O) groups is 1. The summed E-state index contributed by atoms with van der Waals surface area (Å²) >= 11 is 0. The minimum absolute atomic E-state index is 0.252. The van der Waals surface area contributed by atoms with Crippen LogP contribution in [0.15, 0.2) is 24.3 Å². The lowest BCUT2D eigenvalue weighted by atomic mass is 10.2. The molecule has 18 heavy (non-hydrogen) atoms. The SMILES string of the molecule is CCCCCNc1cccc(N2CCOC2=O)c1. The summed E-state index contributed by atoms with van der Waals surface area (Å²) in [5.41, 5.74) is 1.96. The minimum atomic E-state index is -0.252. The van der Waals surface area contributed by atoms with Crippen LogP contribution >= 0.6 is 0 Å². The average Bonchev–Trinajstić information content (AvgIpc) is 2.81. The van der Waals surface area contributed by atoms with E-state index in [1.54, 1.807) is 4.90 Å². The number of nitrogens with zero attached hydrogens (tertiary/aromatic N) is 1. The lowest BCUT2D eigenvalue weighted by molar-refractivity contribution is 0.181. The highest BCUT2D eigenvalue weighted by atomic mass is 16.6. The molecule has 1 aromatic rings. The Morgan fingerprint density at radius 1 is 1.39 bits per heavy atom. The smallest absolute Gasteiger partial charge is 0.414 e. The highest BCUT2D eigenvalue weighted by Gasteiger charge is 2.23. The molecule has 1 aliphatic rings. The molecule has 0 bridgehead atoms. The zero-order chi connectivity index (χ0) is 12.8. The molecule has 4 heteroatoms. The Morgan fingerprint density at radius 3 is 3.00 bits per heavy atom. The molecule has 2 rings (SSSR count). The van der Waals surface area contributed by atoms with E-state index in [4.69, 9.17) is 4.74 Å². The number of unbranched alkanes of at least 4 members (excludes halogenated alkanes) is 2. The van der Waals surface area contributed by atoms with Gasteiger partial charge < -0.3 is 10.1 Å². The first-order chi connectivity index (χ1) is 8.81. The molecule has 98 valence electrons. The first-order valence-electron chi connectivity index (χ1n) is 6.59. The lowest BCUT2D eigenvalue weighted by Crippen LogP contribution is -2.23. The highest BCUT2D eigenvalue weighted by Crippen LogP contribution is 2.22. The van der Waals surface area contributed by atoms with E-state index >= 15 is 0 Å². The quantitative estimate of drug-likeness (QED) is 0.786. The Balaban J connectivity index is 1.94. The minimum Gasteiger partial charge on any atom is -0.447 e. The van der Waals surface area contributed by atoms with Gasteiger partial charge in [-0.05, 0) is 24.6 Å². The van der Waals surface area contributed by atoms with Crippen molar-refractivity contribution in [1.82, 2.24) is 0 Å². The summed E-state index contributed by atoms with van der Waals surface area (Å²) in [6.07, 6.45) is 3.39. The van der Waals surface area contributed by atoms with E-state index in [9.17, 15) is 4.79 Å². The lowest BCUT2D eigenvalue weighted by Gasteiger charge is -2.14. The molecule has 0 radical (unpaired) electrons. The Morgan fingerprint density at radius 2 is 2.28 bits per heavy atom. The van der Waals surface area contributed by atoms with Crippen molar-refractivity contribution >= 4 is 17.5 Å². The summed E-state index contributed by atoms with van der Waals surface area (Å²) < 4.78 is 4.94. The van der Waals surface area contributed by atoms with Gasteiger partial charge in [-0.2, -0.15) is 0 Å². The van der Waals surface area contributed by atoms with Gasteiger partial charge in [0.25, 0.3) is 0 Å². The van der Waals surface area contributed by atoms with Crippen LogP contribution in [0.5, 0.6) is 0 Å². The van der Waals surface area contributed by atoms with Crippen molar-refractivity contribution in [2.24, 2.45) is 0 Å². The van der Waals surface area contributed by atoms with E-state index in [0.29, 0.717) is 13.2 Å². The average molecular weight is 248 g/mol. The summed E-state index contributed by atoms with van der Waals surface area (Å²) in [6.45, 7) is 4.28. The third-order valence-electron chi connectivity index (χ3n) is 3.03. The normalized spacial score (nSPS) is 14.7. The number of carbonyl (C=O) groups excluding carboxylic acids is 1. The maximum absolute atomic E-state index is 11.5. The molecule has 0 aliphatic carbocycles. The molecule has 1 aliphatic heterocycles. The Kier molecular flexibility index (Phi) is 4.45. The number of cyclic esters (lactones) is 1. The molecule has 0 atom stereocenters. The summed E-state index contributed by atoms with van der Waals surface area (Å²) in [7, 11) is 0. The molecule has 4 nitrogen and oxygen atoms in total. The summed E-state index contributed by atoms with van der Waals surface area (Å²) in [4.78, 5) is 13.1. The van der Waals surface area contributed by atoms with Gasteiger partial charge in [-0.1, -0.05) is 25.8 Å². The number of hydrogen-bond donors (Lipinski definition) is 1. The van der Waals surface area contributed by atoms with E-state index < -0.39 is 0 Å². The zero-order valence-electron chi connectivity index (χ0n) is 10.8. The number of rotatable bonds is 6. The van der Waals surface area contributed by atoms with Crippen LogP contribution in [0.4, 0.5) is 16.2 Å². The summed E-state index contributed by atoms with van der Waals surface area (Å²) in [6, 6.07) is 7.92. The van der Waals surface area contributed by atoms with Crippen molar-refractivity contribution in [3.05, 3.63) is 24.3 Å². The maximum atomic E-state index is 11.5. The van der Waals surface area contributed by atoms with E-state index in [1.807, 2.05) is 24.3 Å². The molecule has 1 heterocycles.